The van der Waals surface area contributed by atoms with Gasteiger partial charge in [-0.2, -0.15) is 0 Å². The lowest BCUT2D eigenvalue weighted by Gasteiger charge is -2.07. The minimum absolute atomic E-state index is 0.307. The third-order valence-electron chi connectivity index (χ3n) is 2.20. The molecule has 0 saturated heterocycles. The summed E-state index contributed by atoms with van der Waals surface area (Å²) in [6, 6.07) is 11.7. The molecule has 0 atom stereocenters. The monoisotopic (exact) mass is 358 g/mol. The van der Waals surface area contributed by atoms with Crippen LogP contribution in [0, 0.1) is 5.82 Å². The van der Waals surface area contributed by atoms with Gasteiger partial charge in [0.15, 0.2) is 0 Å². The highest BCUT2D eigenvalue weighted by atomic mass is 79.9. The SMILES string of the molecule is Fc1cccc(Oc2ccc(CBr)c(Br)c2)c1. The summed E-state index contributed by atoms with van der Waals surface area (Å²) in [7, 11) is 0. The fraction of sp³-hybridized carbons (Fsp3) is 0.0769. The normalized spacial score (nSPS) is 10.3. The third-order valence-corrected chi connectivity index (χ3v) is 3.54. The number of alkyl halides is 1. The zero-order chi connectivity index (χ0) is 12.3. The first-order chi connectivity index (χ1) is 8.19. The molecule has 0 saturated carbocycles. The fourth-order valence-corrected chi connectivity index (χ4v) is 2.73. The fourth-order valence-electron chi connectivity index (χ4n) is 1.37. The van der Waals surface area contributed by atoms with E-state index in [2.05, 4.69) is 31.9 Å². The molecule has 17 heavy (non-hydrogen) atoms. The number of hydrogen-bond donors (Lipinski definition) is 0. The van der Waals surface area contributed by atoms with Crippen LogP contribution >= 0.6 is 31.9 Å². The molecular weight excluding hydrogens is 351 g/mol. The summed E-state index contributed by atoms with van der Waals surface area (Å²) in [5.41, 5.74) is 1.14. The van der Waals surface area contributed by atoms with E-state index in [-0.39, 0.29) is 5.82 Å². The minimum atomic E-state index is -0.307. The van der Waals surface area contributed by atoms with Crippen LogP contribution in [0.5, 0.6) is 11.5 Å². The summed E-state index contributed by atoms with van der Waals surface area (Å²) < 4.78 is 19.5. The van der Waals surface area contributed by atoms with Crippen molar-refractivity contribution in [2.75, 3.05) is 0 Å². The second-order valence-corrected chi connectivity index (χ2v) is 4.86. The molecule has 88 valence electrons. The summed E-state index contributed by atoms with van der Waals surface area (Å²) in [6.07, 6.45) is 0. The average molecular weight is 360 g/mol. The molecule has 2 rings (SSSR count). The highest BCUT2D eigenvalue weighted by Crippen LogP contribution is 2.28. The quantitative estimate of drug-likeness (QED) is 0.678. The van der Waals surface area contributed by atoms with E-state index in [1.54, 1.807) is 12.1 Å². The Kier molecular flexibility index (Phi) is 4.18. The van der Waals surface area contributed by atoms with Crippen LogP contribution in [0.3, 0.4) is 0 Å². The summed E-state index contributed by atoms with van der Waals surface area (Å²) >= 11 is 6.84. The summed E-state index contributed by atoms with van der Waals surface area (Å²) in [5, 5.41) is 0.772. The third kappa shape index (κ3) is 3.30. The van der Waals surface area contributed by atoms with Crippen LogP contribution in [0.1, 0.15) is 5.56 Å². The van der Waals surface area contributed by atoms with Crippen molar-refractivity contribution in [1.82, 2.24) is 0 Å². The van der Waals surface area contributed by atoms with Crippen LogP contribution < -0.4 is 4.74 Å². The molecule has 0 aliphatic carbocycles. The predicted molar refractivity (Wildman–Crippen MR) is 73.2 cm³/mol. The number of halogens is 3. The lowest BCUT2D eigenvalue weighted by Crippen LogP contribution is -1.87. The van der Waals surface area contributed by atoms with E-state index in [0.717, 1.165) is 15.4 Å². The number of rotatable bonds is 3. The lowest BCUT2D eigenvalue weighted by atomic mass is 10.2. The molecule has 0 spiro atoms. The zero-order valence-corrected chi connectivity index (χ0v) is 12.0. The first-order valence-corrected chi connectivity index (χ1v) is 6.88. The molecule has 0 fully saturated rings. The molecule has 0 heterocycles. The van der Waals surface area contributed by atoms with Crippen molar-refractivity contribution in [3.8, 4) is 11.5 Å². The van der Waals surface area contributed by atoms with Gasteiger partial charge >= 0.3 is 0 Å². The van der Waals surface area contributed by atoms with Crippen LogP contribution in [0.15, 0.2) is 46.9 Å². The maximum absolute atomic E-state index is 13.0. The molecule has 4 heteroatoms. The van der Waals surface area contributed by atoms with Gasteiger partial charge in [-0.1, -0.05) is 44.0 Å². The predicted octanol–water partition coefficient (Wildman–Crippen LogP) is 5.28. The van der Waals surface area contributed by atoms with Crippen molar-refractivity contribution < 1.29 is 9.13 Å². The van der Waals surface area contributed by atoms with E-state index < -0.39 is 0 Å². The van der Waals surface area contributed by atoms with Crippen molar-refractivity contribution in [3.63, 3.8) is 0 Å². The van der Waals surface area contributed by atoms with E-state index >= 15 is 0 Å². The van der Waals surface area contributed by atoms with Crippen LogP contribution in [-0.2, 0) is 5.33 Å². The van der Waals surface area contributed by atoms with Gasteiger partial charge in [0, 0.05) is 15.9 Å². The maximum Gasteiger partial charge on any atom is 0.130 e. The molecule has 1 nitrogen and oxygen atoms in total. The summed E-state index contributed by atoms with van der Waals surface area (Å²) in [5.74, 6) is 0.856. The molecule has 2 aromatic rings. The van der Waals surface area contributed by atoms with E-state index in [9.17, 15) is 4.39 Å². The van der Waals surface area contributed by atoms with Gasteiger partial charge in [-0.15, -0.1) is 0 Å². The molecular formula is C13H9Br2FO. The molecule has 2 aromatic carbocycles. The zero-order valence-electron chi connectivity index (χ0n) is 8.79. The number of benzene rings is 2. The van der Waals surface area contributed by atoms with Crippen LogP contribution in [0.2, 0.25) is 0 Å². The highest BCUT2D eigenvalue weighted by Gasteiger charge is 2.03. The van der Waals surface area contributed by atoms with Gasteiger partial charge in [-0.25, -0.2) is 4.39 Å². The van der Waals surface area contributed by atoms with Crippen LogP contribution in [-0.4, -0.2) is 0 Å². The van der Waals surface area contributed by atoms with E-state index in [1.165, 1.54) is 12.1 Å². The molecule has 0 aliphatic rings. The molecule has 0 aromatic heterocycles. The first-order valence-electron chi connectivity index (χ1n) is 4.97. The van der Waals surface area contributed by atoms with Gasteiger partial charge in [-0.3, -0.25) is 0 Å². The Hall–Kier alpha value is -0.870. The van der Waals surface area contributed by atoms with Gasteiger partial charge in [0.1, 0.15) is 17.3 Å². The second-order valence-electron chi connectivity index (χ2n) is 3.45. The van der Waals surface area contributed by atoms with Crippen LogP contribution in [0.25, 0.3) is 0 Å². The van der Waals surface area contributed by atoms with Gasteiger partial charge in [0.05, 0.1) is 0 Å². The second kappa shape index (κ2) is 5.65. The Morgan fingerprint density at radius 2 is 1.82 bits per heavy atom. The number of ether oxygens (including phenoxy) is 1. The standard InChI is InChI=1S/C13H9Br2FO/c14-8-9-4-5-12(7-13(9)15)17-11-3-1-2-10(16)6-11/h1-7H,8H2. The van der Waals surface area contributed by atoms with E-state index in [1.807, 2.05) is 18.2 Å². The van der Waals surface area contributed by atoms with Crippen molar-refractivity contribution in [2.45, 2.75) is 5.33 Å². The molecule has 0 radical (unpaired) electrons. The van der Waals surface area contributed by atoms with Crippen molar-refractivity contribution >= 4 is 31.9 Å². The van der Waals surface area contributed by atoms with Gasteiger partial charge in [0.25, 0.3) is 0 Å². The minimum Gasteiger partial charge on any atom is -0.457 e. The Bertz CT molecular complexity index is 529. The molecule has 0 aliphatic heterocycles. The van der Waals surface area contributed by atoms with Gasteiger partial charge < -0.3 is 4.74 Å². The van der Waals surface area contributed by atoms with Crippen molar-refractivity contribution in [1.29, 1.82) is 0 Å². The summed E-state index contributed by atoms with van der Waals surface area (Å²) in [6.45, 7) is 0. The average Bonchev–Trinajstić information content (AvgIpc) is 2.29. The molecule has 0 unspecified atom stereocenters. The smallest absolute Gasteiger partial charge is 0.130 e. The summed E-state index contributed by atoms with van der Waals surface area (Å²) in [4.78, 5) is 0. The Morgan fingerprint density at radius 3 is 2.47 bits per heavy atom. The molecule has 0 bridgehead atoms. The highest BCUT2D eigenvalue weighted by molar-refractivity contribution is 9.10. The van der Waals surface area contributed by atoms with Crippen molar-refractivity contribution in [2.24, 2.45) is 0 Å². The molecule has 0 amide bonds. The lowest BCUT2D eigenvalue weighted by molar-refractivity contribution is 0.476. The van der Waals surface area contributed by atoms with E-state index in [0.29, 0.717) is 11.5 Å². The van der Waals surface area contributed by atoms with Gasteiger partial charge in [0.2, 0.25) is 0 Å². The largest absolute Gasteiger partial charge is 0.457 e. The molecule has 0 N–H and O–H groups in total. The topological polar surface area (TPSA) is 9.23 Å². The Labute approximate surface area is 116 Å². The first kappa shape index (κ1) is 12.6. The van der Waals surface area contributed by atoms with Crippen molar-refractivity contribution in [3.05, 3.63) is 58.3 Å². The number of hydrogen-bond acceptors (Lipinski definition) is 1. The Balaban J connectivity index is 2.22. The van der Waals surface area contributed by atoms with Gasteiger partial charge in [-0.05, 0) is 29.8 Å². The maximum atomic E-state index is 13.0. The Morgan fingerprint density at radius 1 is 1.06 bits per heavy atom. The van der Waals surface area contributed by atoms with Crippen LogP contribution in [0.4, 0.5) is 4.39 Å². The van der Waals surface area contributed by atoms with E-state index in [4.69, 9.17) is 4.74 Å².